The summed E-state index contributed by atoms with van der Waals surface area (Å²) in [7, 11) is 1.59. The zero-order valence-electron chi connectivity index (χ0n) is 14.8. The molecule has 1 amide bonds. The molecule has 0 aromatic heterocycles. The van der Waals surface area contributed by atoms with Crippen molar-refractivity contribution in [2.24, 2.45) is 0 Å². The van der Waals surface area contributed by atoms with Crippen LogP contribution < -0.4 is 15.4 Å². The van der Waals surface area contributed by atoms with Crippen LogP contribution in [0.3, 0.4) is 0 Å². The van der Waals surface area contributed by atoms with Crippen molar-refractivity contribution in [2.45, 2.75) is 25.0 Å². The Morgan fingerprint density at radius 2 is 1.65 bits per heavy atom. The van der Waals surface area contributed by atoms with Crippen molar-refractivity contribution in [3.05, 3.63) is 59.9 Å². The quantitative estimate of drug-likeness (QED) is 0.833. The summed E-state index contributed by atoms with van der Waals surface area (Å²) in [4.78, 5) is 12.5. The fourth-order valence-electron chi connectivity index (χ4n) is 3.01. The van der Waals surface area contributed by atoms with E-state index in [2.05, 4.69) is 10.6 Å². The number of piperidine rings is 1. The number of carbonyl (C=O) groups is 1. The van der Waals surface area contributed by atoms with Crippen LogP contribution in [-0.2, 0) is 16.1 Å². The van der Waals surface area contributed by atoms with Crippen LogP contribution >= 0.6 is 0 Å². The summed E-state index contributed by atoms with van der Waals surface area (Å²) in [6.45, 7) is 1.97. The van der Waals surface area contributed by atoms with Crippen molar-refractivity contribution in [1.82, 2.24) is 10.6 Å². The van der Waals surface area contributed by atoms with E-state index < -0.39 is 5.60 Å². The van der Waals surface area contributed by atoms with E-state index in [1.807, 2.05) is 24.3 Å². The summed E-state index contributed by atoms with van der Waals surface area (Å²) in [6.07, 6.45) is 1.33. The van der Waals surface area contributed by atoms with Gasteiger partial charge in [0.25, 0.3) is 5.91 Å². The van der Waals surface area contributed by atoms with Gasteiger partial charge in [0.05, 0.1) is 0 Å². The van der Waals surface area contributed by atoms with Crippen LogP contribution in [0.25, 0.3) is 0 Å². The summed E-state index contributed by atoms with van der Waals surface area (Å²) in [6, 6.07) is 13.3. The average molecular weight is 358 g/mol. The molecule has 1 aliphatic heterocycles. The molecule has 2 N–H and O–H groups in total. The highest BCUT2D eigenvalue weighted by Crippen LogP contribution is 2.24. The second-order valence-electron chi connectivity index (χ2n) is 6.33. The lowest BCUT2D eigenvalue weighted by molar-refractivity contribution is -0.146. The van der Waals surface area contributed by atoms with Crippen LogP contribution in [-0.4, -0.2) is 31.7 Å². The van der Waals surface area contributed by atoms with Crippen LogP contribution in [0.2, 0.25) is 0 Å². The fourth-order valence-corrected chi connectivity index (χ4v) is 3.01. The molecule has 1 heterocycles. The van der Waals surface area contributed by atoms with E-state index in [0.29, 0.717) is 30.9 Å². The molecule has 0 aliphatic carbocycles. The van der Waals surface area contributed by atoms with Gasteiger partial charge in [0.2, 0.25) is 0 Å². The predicted molar refractivity (Wildman–Crippen MR) is 96.6 cm³/mol. The first-order valence-electron chi connectivity index (χ1n) is 8.68. The molecule has 1 fully saturated rings. The molecule has 2 aromatic rings. The van der Waals surface area contributed by atoms with Gasteiger partial charge in [0.1, 0.15) is 22.9 Å². The average Bonchev–Trinajstić information content (AvgIpc) is 2.69. The molecule has 0 saturated carbocycles. The zero-order chi connectivity index (χ0) is 18.4. The molecule has 6 heteroatoms. The van der Waals surface area contributed by atoms with E-state index in [0.717, 1.165) is 18.7 Å². The molecule has 0 unspecified atom stereocenters. The Bertz CT molecular complexity index is 726. The highest BCUT2D eigenvalue weighted by atomic mass is 19.1. The Morgan fingerprint density at radius 1 is 1.08 bits per heavy atom. The summed E-state index contributed by atoms with van der Waals surface area (Å²) in [5.41, 5.74) is 0.224. The molecule has 1 saturated heterocycles. The molecule has 3 rings (SSSR count). The van der Waals surface area contributed by atoms with Gasteiger partial charge in [-0.2, -0.15) is 0 Å². The SMILES string of the molecule is COC1(C(=O)NCc2ccc(Oc3ccc(F)cc3)cc2)CCNCC1. The van der Waals surface area contributed by atoms with Crippen LogP contribution in [0, 0.1) is 5.82 Å². The summed E-state index contributed by atoms with van der Waals surface area (Å²) in [5, 5.41) is 6.20. The lowest BCUT2D eigenvalue weighted by Crippen LogP contribution is -2.53. The van der Waals surface area contributed by atoms with E-state index in [-0.39, 0.29) is 11.7 Å². The topological polar surface area (TPSA) is 59.6 Å². The van der Waals surface area contributed by atoms with Crippen LogP contribution in [0.15, 0.2) is 48.5 Å². The minimum Gasteiger partial charge on any atom is -0.457 e. The normalized spacial score (nSPS) is 16.1. The molecular weight excluding hydrogens is 335 g/mol. The fraction of sp³-hybridized carbons (Fsp3) is 0.350. The number of benzene rings is 2. The highest BCUT2D eigenvalue weighted by Gasteiger charge is 2.39. The first kappa shape index (κ1) is 18.4. The Balaban J connectivity index is 1.55. The van der Waals surface area contributed by atoms with Gasteiger partial charge in [0, 0.05) is 13.7 Å². The first-order valence-corrected chi connectivity index (χ1v) is 8.68. The molecule has 26 heavy (non-hydrogen) atoms. The number of hydrogen-bond acceptors (Lipinski definition) is 4. The zero-order valence-corrected chi connectivity index (χ0v) is 14.8. The van der Waals surface area contributed by atoms with Gasteiger partial charge in [0.15, 0.2) is 0 Å². The molecule has 5 nitrogen and oxygen atoms in total. The minimum atomic E-state index is -0.739. The molecule has 1 aliphatic rings. The number of carbonyl (C=O) groups excluding carboxylic acids is 1. The number of ether oxygens (including phenoxy) is 2. The molecule has 0 radical (unpaired) electrons. The number of hydrogen-bond donors (Lipinski definition) is 2. The maximum Gasteiger partial charge on any atom is 0.252 e. The van der Waals surface area contributed by atoms with Gasteiger partial charge in [-0.3, -0.25) is 4.79 Å². The van der Waals surface area contributed by atoms with Crippen LogP contribution in [0.4, 0.5) is 4.39 Å². The standard InChI is InChI=1S/C20H23FN2O3/c1-25-20(10-12-22-13-11-20)19(24)23-14-15-2-6-17(7-3-15)26-18-8-4-16(21)5-9-18/h2-9,22H,10-14H2,1H3,(H,23,24). The Labute approximate surface area is 152 Å². The van der Waals surface area contributed by atoms with E-state index in [4.69, 9.17) is 9.47 Å². The van der Waals surface area contributed by atoms with Gasteiger partial charge in [-0.15, -0.1) is 0 Å². The molecule has 2 aromatic carbocycles. The number of methoxy groups -OCH3 is 1. The summed E-state index contributed by atoms with van der Waals surface area (Å²) >= 11 is 0. The molecule has 0 spiro atoms. The van der Waals surface area contributed by atoms with E-state index >= 15 is 0 Å². The van der Waals surface area contributed by atoms with E-state index in [1.165, 1.54) is 12.1 Å². The van der Waals surface area contributed by atoms with Crippen molar-refractivity contribution >= 4 is 5.91 Å². The first-order chi connectivity index (χ1) is 12.6. The van der Waals surface area contributed by atoms with E-state index in [1.54, 1.807) is 19.2 Å². The lowest BCUT2D eigenvalue weighted by atomic mass is 9.91. The molecule has 0 bridgehead atoms. The third kappa shape index (κ3) is 4.39. The molecular formula is C20H23FN2O3. The van der Waals surface area contributed by atoms with Gasteiger partial charge in [-0.25, -0.2) is 4.39 Å². The Hall–Kier alpha value is -2.44. The van der Waals surface area contributed by atoms with E-state index in [9.17, 15) is 9.18 Å². The predicted octanol–water partition coefficient (Wildman–Crippen LogP) is 3.00. The van der Waals surface area contributed by atoms with Crippen molar-refractivity contribution in [3.63, 3.8) is 0 Å². The third-order valence-electron chi connectivity index (χ3n) is 4.64. The Kier molecular flexibility index (Phi) is 5.85. The summed E-state index contributed by atoms with van der Waals surface area (Å²) in [5.74, 6) is 0.845. The maximum atomic E-state index is 12.9. The van der Waals surface area contributed by atoms with Crippen LogP contribution in [0.1, 0.15) is 18.4 Å². The number of rotatable bonds is 6. The second-order valence-corrected chi connectivity index (χ2v) is 6.33. The maximum absolute atomic E-state index is 12.9. The number of amides is 1. The summed E-state index contributed by atoms with van der Waals surface area (Å²) < 4.78 is 24.1. The number of nitrogens with one attached hydrogen (secondary N) is 2. The largest absolute Gasteiger partial charge is 0.457 e. The van der Waals surface area contributed by atoms with Crippen molar-refractivity contribution < 1.29 is 18.7 Å². The van der Waals surface area contributed by atoms with Crippen molar-refractivity contribution in [3.8, 4) is 11.5 Å². The lowest BCUT2D eigenvalue weighted by Gasteiger charge is -2.34. The minimum absolute atomic E-state index is 0.0758. The smallest absolute Gasteiger partial charge is 0.252 e. The second kappa shape index (κ2) is 8.29. The monoisotopic (exact) mass is 358 g/mol. The molecule has 138 valence electrons. The molecule has 0 atom stereocenters. The van der Waals surface area contributed by atoms with Crippen molar-refractivity contribution in [2.75, 3.05) is 20.2 Å². The highest BCUT2D eigenvalue weighted by molar-refractivity contribution is 5.85. The Morgan fingerprint density at radius 3 is 2.23 bits per heavy atom. The number of halogens is 1. The third-order valence-corrected chi connectivity index (χ3v) is 4.64. The van der Waals surface area contributed by atoms with Crippen molar-refractivity contribution in [1.29, 1.82) is 0 Å². The van der Waals surface area contributed by atoms with Gasteiger partial charge < -0.3 is 20.1 Å². The van der Waals surface area contributed by atoms with Crippen LogP contribution in [0.5, 0.6) is 11.5 Å². The van der Waals surface area contributed by atoms with Gasteiger partial charge >= 0.3 is 0 Å². The van der Waals surface area contributed by atoms with Gasteiger partial charge in [-0.1, -0.05) is 12.1 Å². The van der Waals surface area contributed by atoms with Gasteiger partial charge in [-0.05, 0) is 67.9 Å².